The topological polar surface area (TPSA) is 95.9 Å². The lowest BCUT2D eigenvalue weighted by atomic mass is 9.81. The van der Waals surface area contributed by atoms with Crippen molar-refractivity contribution in [1.29, 1.82) is 0 Å². The van der Waals surface area contributed by atoms with Crippen LogP contribution in [0.15, 0.2) is 48.5 Å². The van der Waals surface area contributed by atoms with Crippen LogP contribution in [0.4, 0.5) is 4.79 Å². The number of rotatable bonds is 7. The van der Waals surface area contributed by atoms with Gasteiger partial charge in [-0.1, -0.05) is 62.4 Å². The number of likely N-dealkylation sites (tertiary alicyclic amines) is 1. The number of ether oxygens (including phenoxy) is 1. The Bertz CT molecular complexity index is 1050. The van der Waals surface area contributed by atoms with Crippen LogP contribution in [0.2, 0.25) is 0 Å². The standard InChI is InChI=1S/C27H32N2O5/c1-4-18(13-24(30)29-14-17(2)27(3,16-29)25(31)32)28-26(33)34-15-23-21-11-7-5-9-19(21)20-10-6-8-12-22(20)23/h5-12,17-18,23H,4,13-16H2,1-3H3,(H,28,33)(H,31,32)/t17?,18-,27?/m0/s1. The van der Waals surface area contributed by atoms with Crippen molar-refractivity contribution in [3.05, 3.63) is 59.7 Å². The lowest BCUT2D eigenvalue weighted by molar-refractivity contribution is -0.149. The maximum atomic E-state index is 12.8. The first-order chi connectivity index (χ1) is 16.2. The van der Waals surface area contributed by atoms with Crippen molar-refractivity contribution in [3.8, 4) is 11.1 Å². The molecule has 4 rings (SSSR count). The summed E-state index contributed by atoms with van der Waals surface area (Å²) in [5, 5.41) is 12.4. The summed E-state index contributed by atoms with van der Waals surface area (Å²) in [5.74, 6) is -1.20. The second-order valence-corrected chi connectivity index (χ2v) is 9.68. The summed E-state index contributed by atoms with van der Waals surface area (Å²) in [7, 11) is 0. The lowest BCUT2D eigenvalue weighted by Gasteiger charge is -2.24. The number of alkyl carbamates (subject to hydrolysis) is 1. The molecule has 3 atom stereocenters. The van der Waals surface area contributed by atoms with Gasteiger partial charge in [0.1, 0.15) is 6.61 Å². The maximum Gasteiger partial charge on any atom is 0.407 e. The van der Waals surface area contributed by atoms with Crippen molar-refractivity contribution in [1.82, 2.24) is 10.2 Å². The van der Waals surface area contributed by atoms with E-state index in [9.17, 15) is 19.5 Å². The van der Waals surface area contributed by atoms with E-state index in [1.807, 2.05) is 38.1 Å². The number of amides is 2. The molecule has 1 fully saturated rings. The highest BCUT2D eigenvalue weighted by atomic mass is 16.5. The molecule has 0 spiro atoms. The molecule has 34 heavy (non-hydrogen) atoms. The van der Waals surface area contributed by atoms with Gasteiger partial charge in [0.05, 0.1) is 5.41 Å². The van der Waals surface area contributed by atoms with Crippen LogP contribution in [0.1, 0.15) is 50.7 Å². The van der Waals surface area contributed by atoms with Crippen molar-refractivity contribution >= 4 is 18.0 Å². The summed E-state index contributed by atoms with van der Waals surface area (Å²) in [6.45, 7) is 6.24. The third kappa shape index (κ3) is 4.39. The van der Waals surface area contributed by atoms with Crippen molar-refractivity contribution in [2.75, 3.05) is 19.7 Å². The number of hydrogen-bond acceptors (Lipinski definition) is 4. The van der Waals surface area contributed by atoms with Crippen LogP contribution in [-0.4, -0.2) is 53.7 Å². The predicted molar refractivity (Wildman–Crippen MR) is 128 cm³/mol. The summed E-state index contributed by atoms with van der Waals surface area (Å²) in [6, 6.07) is 15.9. The molecule has 7 heteroatoms. The van der Waals surface area contributed by atoms with E-state index in [0.29, 0.717) is 13.0 Å². The number of carbonyl (C=O) groups excluding carboxylic acids is 2. The number of carboxylic acids is 1. The van der Waals surface area contributed by atoms with Crippen molar-refractivity contribution < 1.29 is 24.2 Å². The molecule has 2 aliphatic rings. The second-order valence-electron chi connectivity index (χ2n) is 9.68. The van der Waals surface area contributed by atoms with E-state index in [1.54, 1.807) is 11.8 Å². The number of benzene rings is 2. The van der Waals surface area contributed by atoms with Gasteiger partial charge in [0.2, 0.25) is 5.91 Å². The van der Waals surface area contributed by atoms with Crippen LogP contribution in [0.3, 0.4) is 0 Å². The molecular weight excluding hydrogens is 432 g/mol. The average molecular weight is 465 g/mol. The molecule has 2 unspecified atom stereocenters. The molecule has 180 valence electrons. The zero-order chi connectivity index (χ0) is 24.5. The van der Waals surface area contributed by atoms with Crippen molar-refractivity contribution in [2.24, 2.45) is 11.3 Å². The number of hydrogen-bond donors (Lipinski definition) is 2. The van der Waals surface area contributed by atoms with E-state index in [0.717, 1.165) is 22.3 Å². The largest absolute Gasteiger partial charge is 0.481 e. The summed E-state index contributed by atoms with van der Waals surface area (Å²) in [6.07, 6.45) is 0.130. The van der Waals surface area contributed by atoms with Gasteiger partial charge in [0.15, 0.2) is 0 Å². The van der Waals surface area contributed by atoms with Gasteiger partial charge in [-0.15, -0.1) is 0 Å². The zero-order valence-electron chi connectivity index (χ0n) is 19.9. The van der Waals surface area contributed by atoms with Gasteiger partial charge < -0.3 is 20.1 Å². The molecule has 7 nitrogen and oxygen atoms in total. The molecular formula is C27H32N2O5. The fourth-order valence-electron chi connectivity index (χ4n) is 5.06. The van der Waals surface area contributed by atoms with Crippen LogP contribution in [0, 0.1) is 11.3 Å². The molecule has 1 heterocycles. The minimum Gasteiger partial charge on any atom is -0.481 e. The number of carbonyl (C=O) groups is 3. The zero-order valence-corrected chi connectivity index (χ0v) is 19.9. The number of fused-ring (bicyclic) bond motifs is 3. The maximum absolute atomic E-state index is 12.8. The Kier molecular flexibility index (Phi) is 6.64. The molecule has 0 radical (unpaired) electrons. The van der Waals surface area contributed by atoms with Gasteiger partial charge in [-0.2, -0.15) is 0 Å². The number of nitrogens with one attached hydrogen (secondary N) is 1. The minimum atomic E-state index is -0.947. The first-order valence-electron chi connectivity index (χ1n) is 11.9. The Labute approximate surface area is 200 Å². The molecule has 2 aromatic carbocycles. The number of nitrogens with zero attached hydrogens (tertiary/aromatic N) is 1. The molecule has 0 saturated carbocycles. The molecule has 2 N–H and O–H groups in total. The first-order valence-corrected chi connectivity index (χ1v) is 11.9. The Morgan fingerprint density at radius 3 is 2.24 bits per heavy atom. The Balaban J connectivity index is 1.34. The van der Waals surface area contributed by atoms with Crippen LogP contribution >= 0.6 is 0 Å². The Hall–Kier alpha value is -3.35. The van der Waals surface area contributed by atoms with Gasteiger partial charge in [-0.3, -0.25) is 9.59 Å². The molecule has 2 aromatic rings. The van der Waals surface area contributed by atoms with E-state index in [-0.39, 0.29) is 43.4 Å². The van der Waals surface area contributed by atoms with Crippen molar-refractivity contribution in [2.45, 2.75) is 45.6 Å². The van der Waals surface area contributed by atoms with Crippen molar-refractivity contribution in [3.63, 3.8) is 0 Å². The third-order valence-corrected chi connectivity index (χ3v) is 7.52. The fourth-order valence-corrected chi connectivity index (χ4v) is 5.06. The van der Waals surface area contributed by atoms with Crippen LogP contribution in [0.25, 0.3) is 11.1 Å². The van der Waals surface area contributed by atoms with Gasteiger partial charge in [-0.05, 0) is 41.5 Å². The van der Waals surface area contributed by atoms with E-state index < -0.39 is 17.5 Å². The summed E-state index contributed by atoms with van der Waals surface area (Å²) < 4.78 is 5.61. The average Bonchev–Trinajstić information content (AvgIpc) is 3.32. The summed E-state index contributed by atoms with van der Waals surface area (Å²) in [4.78, 5) is 38.7. The molecule has 0 aromatic heterocycles. The number of carboxylic acid groups (broad SMARTS) is 1. The Morgan fingerprint density at radius 1 is 1.12 bits per heavy atom. The van der Waals surface area contributed by atoms with E-state index in [1.165, 1.54) is 0 Å². The predicted octanol–water partition coefficient (Wildman–Crippen LogP) is 4.26. The highest BCUT2D eigenvalue weighted by molar-refractivity contribution is 5.82. The quantitative estimate of drug-likeness (QED) is 0.638. The van der Waals surface area contributed by atoms with E-state index in [2.05, 4.69) is 29.6 Å². The highest BCUT2D eigenvalue weighted by Gasteiger charge is 2.47. The smallest absolute Gasteiger partial charge is 0.407 e. The monoisotopic (exact) mass is 464 g/mol. The van der Waals surface area contributed by atoms with Crippen LogP contribution in [-0.2, 0) is 14.3 Å². The third-order valence-electron chi connectivity index (χ3n) is 7.52. The summed E-state index contributed by atoms with van der Waals surface area (Å²) >= 11 is 0. The van der Waals surface area contributed by atoms with Gasteiger partial charge in [-0.25, -0.2) is 4.79 Å². The number of aliphatic carboxylic acids is 1. The second kappa shape index (κ2) is 9.49. The van der Waals surface area contributed by atoms with Crippen LogP contribution < -0.4 is 5.32 Å². The summed E-state index contributed by atoms with van der Waals surface area (Å²) in [5.41, 5.74) is 3.67. The first kappa shape index (κ1) is 23.8. The van der Waals surface area contributed by atoms with Crippen LogP contribution in [0.5, 0.6) is 0 Å². The van der Waals surface area contributed by atoms with Gasteiger partial charge in [0, 0.05) is 31.5 Å². The Morgan fingerprint density at radius 2 is 1.71 bits per heavy atom. The molecule has 0 bridgehead atoms. The minimum absolute atomic E-state index is 0.0281. The molecule has 2 amide bonds. The van der Waals surface area contributed by atoms with Gasteiger partial charge in [0.25, 0.3) is 0 Å². The normalized spacial score (nSPS) is 22.1. The molecule has 1 saturated heterocycles. The SMILES string of the molecule is CC[C@@H](CC(=O)N1CC(C)C(C)(C(=O)O)C1)NC(=O)OCC1c2ccccc2-c2ccccc21. The lowest BCUT2D eigenvalue weighted by Crippen LogP contribution is -2.41. The van der Waals surface area contributed by atoms with E-state index in [4.69, 9.17) is 4.74 Å². The highest BCUT2D eigenvalue weighted by Crippen LogP contribution is 2.44. The van der Waals surface area contributed by atoms with Gasteiger partial charge >= 0.3 is 12.1 Å². The van der Waals surface area contributed by atoms with E-state index >= 15 is 0 Å². The fraction of sp³-hybridized carbons (Fsp3) is 0.444. The molecule has 1 aliphatic carbocycles. The molecule has 1 aliphatic heterocycles.